The summed E-state index contributed by atoms with van der Waals surface area (Å²) in [7, 11) is 2.15. The van der Waals surface area contributed by atoms with E-state index in [0.29, 0.717) is 22.9 Å². The van der Waals surface area contributed by atoms with Gasteiger partial charge in [0.15, 0.2) is 11.6 Å². The van der Waals surface area contributed by atoms with Crippen LogP contribution in [-0.2, 0) is 18.0 Å². The molecule has 0 bridgehead atoms. The van der Waals surface area contributed by atoms with E-state index >= 15 is 4.39 Å². The van der Waals surface area contributed by atoms with Crippen LogP contribution in [0.1, 0.15) is 30.0 Å². The second kappa shape index (κ2) is 9.55. The van der Waals surface area contributed by atoms with Crippen LogP contribution >= 0.6 is 11.3 Å². The number of aromatic nitrogens is 3. The van der Waals surface area contributed by atoms with E-state index in [9.17, 15) is 9.65 Å². The zero-order valence-corrected chi connectivity index (χ0v) is 23.1. The van der Waals surface area contributed by atoms with E-state index in [2.05, 4.69) is 44.7 Å². The largest absolute Gasteiger partial charge is 0.389 e. The van der Waals surface area contributed by atoms with Crippen LogP contribution in [0, 0.1) is 23.0 Å². The molecule has 12 heteroatoms. The number of benzene rings is 1. The smallest absolute Gasteiger partial charge is 0.226 e. The molecule has 2 atom stereocenters. The molecule has 2 fully saturated rings. The fraction of sp³-hybridized carbons (Fsp3) is 0.429. The molecule has 40 heavy (non-hydrogen) atoms. The molecule has 9 nitrogen and oxygen atoms in total. The Kier molecular flexibility index (Phi) is 6.08. The van der Waals surface area contributed by atoms with Crippen molar-refractivity contribution < 1.29 is 13.5 Å². The molecule has 7 rings (SSSR count). The van der Waals surface area contributed by atoms with E-state index < -0.39 is 11.6 Å². The maximum Gasteiger partial charge on any atom is 0.226 e. The van der Waals surface area contributed by atoms with E-state index in [0.717, 1.165) is 62.2 Å². The lowest BCUT2D eigenvalue weighted by molar-refractivity contribution is 0.118. The molecule has 2 N–H and O–H groups in total. The van der Waals surface area contributed by atoms with Gasteiger partial charge in [-0.25, -0.2) is 18.7 Å². The summed E-state index contributed by atoms with van der Waals surface area (Å²) < 4.78 is 37.3. The summed E-state index contributed by atoms with van der Waals surface area (Å²) in [5.41, 5.74) is 8.05. The summed E-state index contributed by atoms with van der Waals surface area (Å²) >= 11 is 0.961. The van der Waals surface area contributed by atoms with Crippen LogP contribution in [0.15, 0.2) is 12.4 Å². The number of hydrogen-bond donors (Lipinski definition) is 1. The van der Waals surface area contributed by atoms with Crippen LogP contribution in [0.5, 0.6) is 0 Å². The van der Waals surface area contributed by atoms with Gasteiger partial charge in [-0.15, -0.1) is 11.3 Å². The number of piperazine rings is 1. The number of anilines is 2. The normalized spacial score (nSPS) is 21.9. The number of likely N-dealkylation sites (N-methyl/N-ethyl adjacent to an activating group) is 1. The van der Waals surface area contributed by atoms with Gasteiger partial charge in [-0.05, 0) is 31.5 Å². The molecule has 4 aromatic rings. The Morgan fingerprint density at radius 1 is 1.12 bits per heavy atom. The minimum atomic E-state index is -0.603. The van der Waals surface area contributed by atoms with Gasteiger partial charge < -0.3 is 20.3 Å². The third kappa shape index (κ3) is 3.83. The van der Waals surface area contributed by atoms with Gasteiger partial charge in [0.1, 0.15) is 16.6 Å². The Balaban J connectivity index is 1.36. The van der Waals surface area contributed by atoms with Gasteiger partial charge in [0, 0.05) is 67.3 Å². The lowest BCUT2D eigenvalue weighted by Gasteiger charge is -2.36. The van der Waals surface area contributed by atoms with Crippen molar-refractivity contribution in [3.63, 3.8) is 0 Å². The lowest BCUT2D eigenvalue weighted by Crippen LogP contribution is -2.49. The number of halogens is 2. The van der Waals surface area contributed by atoms with E-state index in [4.69, 9.17) is 15.5 Å². The Labute approximate surface area is 233 Å². The van der Waals surface area contributed by atoms with Crippen molar-refractivity contribution in [2.75, 3.05) is 50.4 Å². The Hall–Kier alpha value is -3.50. The summed E-state index contributed by atoms with van der Waals surface area (Å²) in [5, 5.41) is 10.8. The zero-order chi connectivity index (χ0) is 27.7. The number of pyridine rings is 1. The number of fused-ring (bicyclic) bond motifs is 4. The van der Waals surface area contributed by atoms with Crippen LogP contribution in [0.4, 0.5) is 19.7 Å². The molecule has 0 unspecified atom stereocenters. The highest BCUT2D eigenvalue weighted by molar-refractivity contribution is 7.23. The SMILES string of the molecule is C[C@H]1C[C@H](N2CCN(C)CC2)CN1c1ncc2c3c(c(-c4ncc(F)c5sc(N)c(C#N)c45)c(F)c2n1)COC3. The molecule has 206 valence electrons. The van der Waals surface area contributed by atoms with Crippen LogP contribution in [0.3, 0.4) is 0 Å². The Morgan fingerprint density at radius 3 is 2.67 bits per heavy atom. The van der Waals surface area contributed by atoms with Crippen molar-refractivity contribution in [3.8, 4) is 17.3 Å². The van der Waals surface area contributed by atoms with Gasteiger partial charge >= 0.3 is 0 Å². The van der Waals surface area contributed by atoms with Crippen LogP contribution < -0.4 is 10.6 Å². The minimum Gasteiger partial charge on any atom is -0.389 e. The van der Waals surface area contributed by atoms with E-state index in [1.807, 2.05) is 0 Å². The second-order valence-corrected chi connectivity index (χ2v) is 12.0. The summed E-state index contributed by atoms with van der Waals surface area (Å²) in [6.07, 6.45) is 3.73. The van der Waals surface area contributed by atoms with Crippen LogP contribution in [0.25, 0.3) is 32.2 Å². The first-order valence-electron chi connectivity index (χ1n) is 13.4. The molecule has 1 aromatic carbocycles. The zero-order valence-electron chi connectivity index (χ0n) is 22.2. The number of thiophene rings is 1. The summed E-state index contributed by atoms with van der Waals surface area (Å²) in [6, 6.07) is 2.64. The molecule has 3 aliphatic heterocycles. The molecule has 0 saturated carbocycles. The van der Waals surface area contributed by atoms with Gasteiger partial charge in [-0.1, -0.05) is 0 Å². The number of nitriles is 1. The molecule has 2 saturated heterocycles. The van der Waals surface area contributed by atoms with E-state index in [1.54, 1.807) is 6.20 Å². The van der Waals surface area contributed by atoms with Crippen molar-refractivity contribution in [1.82, 2.24) is 24.8 Å². The molecule has 3 aromatic heterocycles. The molecule has 0 radical (unpaired) electrons. The average Bonchev–Trinajstić information content (AvgIpc) is 3.67. The highest BCUT2D eigenvalue weighted by Crippen LogP contribution is 2.45. The third-order valence-corrected chi connectivity index (χ3v) is 9.62. The first-order valence-corrected chi connectivity index (χ1v) is 14.2. The van der Waals surface area contributed by atoms with E-state index in [-0.39, 0.29) is 56.7 Å². The van der Waals surface area contributed by atoms with Crippen molar-refractivity contribution >= 4 is 43.3 Å². The van der Waals surface area contributed by atoms with E-state index in [1.165, 1.54) is 0 Å². The highest BCUT2D eigenvalue weighted by atomic mass is 32.1. The standard InChI is InChI=1S/C28H28F2N8OS/c1-14-7-15(37-5-3-36(2)4-6-37)11-38(14)28-34-9-17-18-12-39-13-19(18)21(23(30)24(17)35-28)25-22-16(8-31)27(32)40-26(22)20(29)10-33-25/h9-10,14-15H,3-7,11-13,32H2,1-2H3/t14-,15-/m0/s1. The highest BCUT2D eigenvalue weighted by Gasteiger charge is 2.36. The monoisotopic (exact) mass is 562 g/mol. The van der Waals surface area contributed by atoms with Crippen molar-refractivity contribution in [2.45, 2.75) is 38.6 Å². The second-order valence-electron chi connectivity index (χ2n) is 10.9. The summed E-state index contributed by atoms with van der Waals surface area (Å²) in [5.74, 6) is -0.705. The fourth-order valence-corrected chi connectivity index (χ4v) is 7.33. The first-order chi connectivity index (χ1) is 19.4. The van der Waals surface area contributed by atoms with Crippen LogP contribution in [0.2, 0.25) is 0 Å². The Morgan fingerprint density at radius 2 is 1.90 bits per heavy atom. The van der Waals surface area contributed by atoms with Gasteiger partial charge in [0.2, 0.25) is 5.95 Å². The number of rotatable bonds is 3. The number of hydrogen-bond acceptors (Lipinski definition) is 10. The lowest BCUT2D eigenvalue weighted by atomic mass is 9.94. The number of nitrogen functional groups attached to an aromatic ring is 1. The summed E-state index contributed by atoms with van der Waals surface area (Å²) in [6.45, 7) is 7.53. The predicted molar refractivity (Wildman–Crippen MR) is 150 cm³/mol. The molecule has 0 spiro atoms. The molecule has 0 amide bonds. The van der Waals surface area contributed by atoms with Gasteiger partial charge in [0.05, 0.1) is 35.4 Å². The van der Waals surface area contributed by atoms with Gasteiger partial charge in [-0.2, -0.15) is 5.26 Å². The molecular weight excluding hydrogens is 534 g/mol. The fourth-order valence-electron chi connectivity index (χ4n) is 6.41. The Bertz CT molecular complexity index is 1710. The molecule has 3 aliphatic rings. The quantitative estimate of drug-likeness (QED) is 0.398. The number of ether oxygens (including phenoxy) is 1. The number of nitrogens with zero attached hydrogens (tertiary/aromatic N) is 7. The maximum absolute atomic E-state index is 16.6. The minimum absolute atomic E-state index is 0.0957. The maximum atomic E-state index is 16.6. The van der Waals surface area contributed by atoms with Crippen molar-refractivity contribution in [2.24, 2.45) is 0 Å². The van der Waals surface area contributed by atoms with Crippen molar-refractivity contribution in [1.29, 1.82) is 5.26 Å². The van der Waals surface area contributed by atoms with Gasteiger partial charge in [0.25, 0.3) is 0 Å². The van der Waals surface area contributed by atoms with Gasteiger partial charge in [-0.3, -0.25) is 9.88 Å². The van der Waals surface area contributed by atoms with Crippen molar-refractivity contribution in [3.05, 3.63) is 40.7 Å². The third-order valence-electron chi connectivity index (χ3n) is 8.60. The van der Waals surface area contributed by atoms with Crippen LogP contribution in [-0.4, -0.2) is 76.6 Å². The number of nitrogens with two attached hydrogens (primary N) is 1. The topological polar surface area (TPSA) is 107 Å². The predicted octanol–water partition coefficient (Wildman–Crippen LogP) is 3.88. The summed E-state index contributed by atoms with van der Waals surface area (Å²) in [4.78, 5) is 20.8. The molecule has 6 heterocycles. The molecule has 0 aliphatic carbocycles. The molecular formula is C28H28F2N8OS. The first kappa shape index (κ1) is 25.5. The average molecular weight is 563 g/mol.